The summed E-state index contributed by atoms with van der Waals surface area (Å²) in [4.78, 5) is 14.6. The largest absolute Gasteiger partial charge is 0.377 e. The van der Waals surface area contributed by atoms with Gasteiger partial charge in [-0.25, -0.2) is 9.18 Å². The molecule has 2 amide bonds. The summed E-state index contributed by atoms with van der Waals surface area (Å²) in [5, 5.41) is 3.11. The molecule has 118 valence electrons. The summed E-state index contributed by atoms with van der Waals surface area (Å²) in [6.07, 6.45) is 3.85. The molecule has 2 atom stereocenters. The average Bonchev–Trinajstić information content (AvgIpc) is 3.30. The normalized spacial score (nSPS) is 27.6. The first-order valence-electron chi connectivity index (χ1n) is 8.16. The number of nitrogens with zero attached hydrogens (tertiary/aromatic N) is 1. The maximum atomic E-state index is 13.8. The molecule has 0 bridgehead atoms. The van der Waals surface area contributed by atoms with Gasteiger partial charge in [0.05, 0.1) is 25.3 Å². The van der Waals surface area contributed by atoms with Gasteiger partial charge in [0.2, 0.25) is 0 Å². The number of rotatable bonds is 2. The third-order valence-electron chi connectivity index (χ3n) is 5.10. The van der Waals surface area contributed by atoms with Crippen LogP contribution in [0.15, 0.2) is 18.2 Å². The molecule has 22 heavy (non-hydrogen) atoms. The number of hydrogen-bond donors (Lipinski definition) is 1. The van der Waals surface area contributed by atoms with E-state index in [0.717, 1.165) is 17.5 Å². The van der Waals surface area contributed by atoms with Crippen molar-refractivity contribution in [3.8, 4) is 0 Å². The standard InChI is InChI=1S/C17H21FN2O2/c18-14-3-1-2-13-12(14)6-7-15(13)19-17(21)20-8-9-22-10-16(20)11-4-5-11/h1-3,11,15-16H,4-10H2,(H,19,21). The molecule has 0 aromatic heterocycles. The van der Waals surface area contributed by atoms with Gasteiger partial charge in [0.25, 0.3) is 0 Å². The Bertz CT molecular complexity index is 588. The van der Waals surface area contributed by atoms with Gasteiger partial charge in [-0.2, -0.15) is 0 Å². The molecule has 1 aliphatic heterocycles. The first-order valence-corrected chi connectivity index (χ1v) is 8.16. The van der Waals surface area contributed by atoms with Gasteiger partial charge in [-0.15, -0.1) is 0 Å². The number of halogens is 1. The van der Waals surface area contributed by atoms with Crippen LogP contribution in [-0.2, 0) is 11.2 Å². The molecule has 2 unspecified atom stereocenters. The van der Waals surface area contributed by atoms with Crippen LogP contribution in [0.2, 0.25) is 0 Å². The Labute approximate surface area is 129 Å². The summed E-state index contributed by atoms with van der Waals surface area (Å²) in [5.41, 5.74) is 1.69. The highest BCUT2D eigenvalue weighted by molar-refractivity contribution is 5.75. The van der Waals surface area contributed by atoms with Gasteiger partial charge in [-0.3, -0.25) is 0 Å². The number of nitrogens with one attached hydrogen (secondary N) is 1. The Balaban J connectivity index is 1.47. The average molecular weight is 304 g/mol. The first-order chi connectivity index (χ1) is 10.7. The van der Waals surface area contributed by atoms with E-state index in [9.17, 15) is 9.18 Å². The summed E-state index contributed by atoms with van der Waals surface area (Å²) < 4.78 is 19.3. The highest BCUT2D eigenvalue weighted by Gasteiger charge is 2.40. The number of ether oxygens (including phenoxy) is 1. The van der Waals surface area contributed by atoms with Gasteiger partial charge in [-0.05, 0) is 48.8 Å². The summed E-state index contributed by atoms with van der Waals surface area (Å²) >= 11 is 0. The molecule has 0 spiro atoms. The van der Waals surface area contributed by atoms with Crippen molar-refractivity contribution in [3.63, 3.8) is 0 Å². The van der Waals surface area contributed by atoms with Crippen molar-refractivity contribution in [2.45, 2.75) is 37.8 Å². The Morgan fingerprint density at radius 1 is 1.32 bits per heavy atom. The topological polar surface area (TPSA) is 41.6 Å². The minimum absolute atomic E-state index is 0.0256. The summed E-state index contributed by atoms with van der Waals surface area (Å²) in [6.45, 7) is 1.90. The third kappa shape index (κ3) is 2.47. The molecule has 1 heterocycles. The highest BCUT2D eigenvalue weighted by Crippen LogP contribution is 2.37. The quantitative estimate of drug-likeness (QED) is 0.912. The van der Waals surface area contributed by atoms with Crippen LogP contribution < -0.4 is 5.32 Å². The van der Waals surface area contributed by atoms with Crippen LogP contribution in [0, 0.1) is 11.7 Å². The zero-order valence-corrected chi connectivity index (χ0v) is 12.6. The lowest BCUT2D eigenvalue weighted by Gasteiger charge is -2.36. The van der Waals surface area contributed by atoms with Gasteiger partial charge >= 0.3 is 6.03 Å². The second-order valence-corrected chi connectivity index (χ2v) is 6.52. The molecule has 1 aromatic rings. The van der Waals surface area contributed by atoms with E-state index in [0.29, 0.717) is 32.1 Å². The van der Waals surface area contributed by atoms with Crippen LogP contribution in [0.1, 0.15) is 36.4 Å². The second kappa shape index (κ2) is 5.54. The van der Waals surface area contributed by atoms with Gasteiger partial charge in [0, 0.05) is 6.54 Å². The van der Waals surface area contributed by atoms with E-state index in [2.05, 4.69) is 5.32 Å². The summed E-state index contributed by atoms with van der Waals surface area (Å²) in [5.74, 6) is 0.441. The fraction of sp³-hybridized carbons (Fsp3) is 0.588. The number of amides is 2. The summed E-state index contributed by atoms with van der Waals surface area (Å²) in [7, 11) is 0. The van der Waals surface area contributed by atoms with Crippen LogP contribution in [-0.4, -0.2) is 36.7 Å². The molecule has 1 N–H and O–H groups in total. The first kappa shape index (κ1) is 14.0. The van der Waals surface area contributed by atoms with Crippen molar-refractivity contribution in [2.24, 2.45) is 5.92 Å². The van der Waals surface area contributed by atoms with Gasteiger partial charge < -0.3 is 15.0 Å². The molecule has 5 heteroatoms. The van der Waals surface area contributed by atoms with Crippen molar-refractivity contribution < 1.29 is 13.9 Å². The van der Waals surface area contributed by atoms with Crippen molar-refractivity contribution >= 4 is 6.03 Å². The van der Waals surface area contributed by atoms with Crippen molar-refractivity contribution in [2.75, 3.05) is 19.8 Å². The van der Waals surface area contributed by atoms with E-state index in [4.69, 9.17) is 4.74 Å². The monoisotopic (exact) mass is 304 g/mol. The zero-order valence-electron chi connectivity index (χ0n) is 12.6. The molecule has 2 fully saturated rings. The van der Waals surface area contributed by atoms with Crippen LogP contribution in [0.25, 0.3) is 0 Å². The van der Waals surface area contributed by atoms with Crippen LogP contribution in [0.5, 0.6) is 0 Å². The highest BCUT2D eigenvalue weighted by atomic mass is 19.1. The fourth-order valence-electron chi connectivity index (χ4n) is 3.74. The molecule has 0 radical (unpaired) electrons. The van der Waals surface area contributed by atoms with Crippen LogP contribution >= 0.6 is 0 Å². The number of morpholine rings is 1. The van der Waals surface area contributed by atoms with Crippen LogP contribution in [0.4, 0.5) is 9.18 Å². The van der Waals surface area contributed by atoms with Crippen molar-refractivity contribution in [1.29, 1.82) is 0 Å². The van der Waals surface area contributed by atoms with E-state index < -0.39 is 0 Å². The number of hydrogen-bond acceptors (Lipinski definition) is 2. The Morgan fingerprint density at radius 2 is 2.18 bits per heavy atom. The van der Waals surface area contributed by atoms with Crippen molar-refractivity contribution in [1.82, 2.24) is 10.2 Å². The molecular formula is C17H21FN2O2. The predicted molar refractivity (Wildman–Crippen MR) is 80.0 cm³/mol. The number of carbonyl (C=O) groups excluding carboxylic acids is 1. The molecule has 1 saturated carbocycles. The number of fused-ring (bicyclic) bond motifs is 1. The van der Waals surface area contributed by atoms with E-state index in [1.807, 2.05) is 11.0 Å². The maximum Gasteiger partial charge on any atom is 0.318 e. The lowest BCUT2D eigenvalue weighted by molar-refractivity contribution is 0.00412. The molecule has 1 aromatic carbocycles. The van der Waals surface area contributed by atoms with Crippen LogP contribution in [0.3, 0.4) is 0 Å². The van der Waals surface area contributed by atoms with Crippen molar-refractivity contribution in [3.05, 3.63) is 35.1 Å². The lowest BCUT2D eigenvalue weighted by atomic mass is 10.1. The zero-order chi connectivity index (χ0) is 15.1. The Hall–Kier alpha value is -1.62. The lowest BCUT2D eigenvalue weighted by Crippen LogP contribution is -2.53. The number of carbonyl (C=O) groups is 1. The van der Waals surface area contributed by atoms with E-state index >= 15 is 0 Å². The minimum atomic E-state index is -0.156. The molecule has 4 rings (SSSR count). The molecular weight excluding hydrogens is 283 g/mol. The molecule has 1 saturated heterocycles. The number of urea groups is 1. The van der Waals surface area contributed by atoms with Gasteiger partial charge in [0.15, 0.2) is 0 Å². The third-order valence-corrected chi connectivity index (χ3v) is 5.10. The van der Waals surface area contributed by atoms with Gasteiger partial charge in [-0.1, -0.05) is 12.1 Å². The smallest absolute Gasteiger partial charge is 0.318 e. The molecule has 4 nitrogen and oxygen atoms in total. The molecule has 3 aliphatic rings. The van der Waals surface area contributed by atoms with E-state index in [1.165, 1.54) is 18.9 Å². The Kier molecular flexibility index (Phi) is 3.53. The Morgan fingerprint density at radius 3 is 3.00 bits per heavy atom. The maximum absolute atomic E-state index is 13.8. The fourth-order valence-corrected chi connectivity index (χ4v) is 3.74. The summed E-state index contributed by atoms with van der Waals surface area (Å²) in [6, 6.07) is 5.26. The minimum Gasteiger partial charge on any atom is -0.377 e. The predicted octanol–water partition coefficient (Wildman–Crippen LogP) is 2.63. The number of benzene rings is 1. The van der Waals surface area contributed by atoms with E-state index in [-0.39, 0.29) is 23.9 Å². The van der Waals surface area contributed by atoms with E-state index in [1.54, 1.807) is 6.07 Å². The molecule has 2 aliphatic carbocycles. The SMILES string of the molecule is O=C(NC1CCc2c(F)cccc21)N1CCOCC1C1CC1. The van der Waals surface area contributed by atoms with Gasteiger partial charge in [0.1, 0.15) is 5.82 Å². The second-order valence-electron chi connectivity index (χ2n) is 6.52.